The highest BCUT2D eigenvalue weighted by molar-refractivity contribution is 5.72. The number of rotatable bonds is 1. The minimum Gasteiger partial charge on any atom is -0.377 e. The van der Waals surface area contributed by atoms with Gasteiger partial charge in [0.05, 0.1) is 5.70 Å². The van der Waals surface area contributed by atoms with E-state index in [1.54, 1.807) is 12.1 Å². The Balaban J connectivity index is 2.59. The van der Waals surface area contributed by atoms with Crippen LogP contribution in [0.5, 0.6) is 0 Å². The van der Waals surface area contributed by atoms with Crippen LogP contribution in [-0.4, -0.2) is 12.1 Å². The van der Waals surface area contributed by atoms with Gasteiger partial charge in [0.2, 0.25) is 0 Å². The SMILES string of the molecule is CC1=C(c2ccccc2)N(C)OC1=C(C#N)C#N. The van der Waals surface area contributed by atoms with Crippen LogP contribution in [0.3, 0.4) is 0 Å². The smallest absolute Gasteiger partial charge is 0.188 e. The molecule has 0 aliphatic carbocycles. The standard InChI is InChI=1S/C14H11N3O/c1-10-13(11-6-4-3-5-7-11)17(2)18-14(10)12(8-15)9-16/h3-7H,1-2H3. The molecular weight excluding hydrogens is 226 g/mol. The lowest BCUT2D eigenvalue weighted by Crippen LogP contribution is -2.10. The van der Waals surface area contributed by atoms with Crippen LogP contribution in [0.15, 0.2) is 47.2 Å². The summed E-state index contributed by atoms with van der Waals surface area (Å²) in [6.45, 7) is 1.84. The highest BCUT2D eigenvalue weighted by Gasteiger charge is 2.27. The molecule has 1 heterocycles. The Hall–Kier alpha value is -2.72. The predicted molar refractivity (Wildman–Crippen MR) is 66.1 cm³/mol. The fourth-order valence-electron chi connectivity index (χ4n) is 1.95. The number of nitriles is 2. The molecule has 0 amide bonds. The van der Waals surface area contributed by atoms with Gasteiger partial charge in [0.15, 0.2) is 11.3 Å². The molecule has 0 fully saturated rings. The lowest BCUT2D eigenvalue weighted by Gasteiger charge is -2.14. The molecule has 0 bridgehead atoms. The average Bonchev–Trinajstić information content (AvgIpc) is 2.68. The summed E-state index contributed by atoms with van der Waals surface area (Å²) in [6, 6.07) is 13.4. The monoisotopic (exact) mass is 237 g/mol. The Morgan fingerprint density at radius 2 is 1.78 bits per heavy atom. The molecule has 4 heteroatoms. The van der Waals surface area contributed by atoms with Crippen LogP contribution in [0.1, 0.15) is 12.5 Å². The van der Waals surface area contributed by atoms with Crippen LogP contribution in [0.4, 0.5) is 0 Å². The Morgan fingerprint density at radius 1 is 1.17 bits per heavy atom. The first-order valence-electron chi connectivity index (χ1n) is 5.42. The van der Waals surface area contributed by atoms with Crippen molar-refractivity contribution in [3.05, 3.63) is 52.8 Å². The zero-order chi connectivity index (χ0) is 13.1. The van der Waals surface area contributed by atoms with Gasteiger partial charge < -0.3 is 4.84 Å². The molecule has 1 aromatic rings. The average molecular weight is 237 g/mol. The van der Waals surface area contributed by atoms with Crippen molar-refractivity contribution in [2.24, 2.45) is 0 Å². The predicted octanol–water partition coefficient (Wildman–Crippen LogP) is 2.60. The van der Waals surface area contributed by atoms with E-state index < -0.39 is 0 Å². The highest BCUT2D eigenvalue weighted by atomic mass is 16.7. The fraction of sp³-hybridized carbons (Fsp3) is 0.143. The van der Waals surface area contributed by atoms with Gasteiger partial charge in [-0.2, -0.15) is 10.5 Å². The fourth-order valence-corrected chi connectivity index (χ4v) is 1.95. The van der Waals surface area contributed by atoms with Crippen LogP contribution >= 0.6 is 0 Å². The molecule has 0 N–H and O–H groups in total. The van der Waals surface area contributed by atoms with E-state index in [-0.39, 0.29) is 5.57 Å². The minimum atomic E-state index is -0.00900. The van der Waals surface area contributed by atoms with E-state index in [0.717, 1.165) is 16.8 Å². The van der Waals surface area contributed by atoms with Crippen molar-refractivity contribution in [3.8, 4) is 12.1 Å². The topological polar surface area (TPSA) is 60.0 Å². The molecule has 4 nitrogen and oxygen atoms in total. The van der Waals surface area contributed by atoms with E-state index in [9.17, 15) is 0 Å². The molecule has 1 aliphatic heterocycles. The molecule has 0 atom stereocenters. The number of allylic oxidation sites excluding steroid dienone is 2. The van der Waals surface area contributed by atoms with Gasteiger partial charge in [0, 0.05) is 18.2 Å². The third-order valence-corrected chi connectivity index (χ3v) is 2.74. The van der Waals surface area contributed by atoms with E-state index in [1.807, 2.05) is 49.4 Å². The second kappa shape index (κ2) is 4.65. The number of hydroxylamine groups is 2. The van der Waals surface area contributed by atoms with Crippen molar-refractivity contribution in [2.75, 3.05) is 7.05 Å². The van der Waals surface area contributed by atoms with Gasteiger partial charge >= 0.3 is 0 Å². The summed E-state index contributed by atoms with van der Waals surface area (Å²) in [5.41, 5.74) is 2.64. The van der Waals surface area contributed by atoms with Gasteiger partial charge in [0.25, 0.3) is 0 Å². The molecule has 18 heavy (non-hydrogen) atoms. The molecule has 2 rings (SSSR count). The van der Waals surface area contributed by atoms with Crippen LogP contribution in [0.2, 0.25) is 0 Å². The summed E-state index contributed by atoms with van der Waals surface area (Å²) in [7, 11) is 1.76. The van der Waals surface area contributed by atoms with Gasteiger partial charge in [-0.15, -0.1) is 0 Å². The van der Waals surface area contributed by atoms with Crippen molar-refractivity contribution in [1.82, 2.24) is 5.06 Å². The molecule has 1 aliphatic rings. The molecule has 1 aromatic carbocycles. The quantitative estimate of drug-likeness (QED) is 0.704. The van der Waals surface area contributed by atoms with Crippen molar-refractivity contribution < 1.29 is 4.84 Å². The first-order valence-corrected chi connectivity index (χ1v) is 5.42. The normalized spacial score (nSPS) is 14.0. The maximum atomic E-state index is 8.90. The number of hydrogen-bond donors (Lipinski definition) is 0. The lowest BCUT2D eigenvalue weighted by molar-refractivity contribution is -0.0203. The molecule has 0 unspecified atom stereocenters. The number of hydrogen-bond acceptors (Lipinski definition) is 4. The summed E-state index contributed by atoms with van der Waals surface area (Å²) in [5.74, 6) is 0.335. The third kappa shape index (κ3) is 1.81. The first kappa shape index (κ1) is 11.8. The number of benzene rings is 1. The first-order chi connectivity index (χ1) is 8.69. The Kier molecular flexibility index (Phi) is 3.03. The van der Waals surface area contributed by atoms with E-state index in [1.165, 1.54) is 0 Å². The van der Waals surface area contributed by atoms with Crippen LogP contribution in [0, 0.1) is 22.7 Å². The van der Waals surface area contributed by atoms with Crippen molar-refractivity contribution in [1.29, 1.82) is 10.5 Å². The maximum Gasteiger partial charge on any atom is 0.188 e. The zero-order valence-electron chi connectivity index (χ0n) is 10.1. The third-order valence-electron chi connectivity index (χ3n) is 2.74. The highest BCUT2D eigenvalue weighted by Crippen LogP contribution is 2.35. The van der Waals surface area contributed by atoms with E-state index >= 15 is 0 Å². The van der Waals surface area contributed by atoms with Gasteiger partial charge in [-0.25, -0.2) is 5.06 Å². The summed E-state index contributed by atoms with van der Waals surface area (Å²) in [6.07, 6.45) is 0. The van der Waals surface area contributed by atoms with Gasteiger partial charge in [-0.05, 0) is 6.92 Å². The molecule has 0 saturated carbocycles. The lowest BCUT2D eigenvalue weighted by atomic mass is 10.0. The number of nitrogens with zero attached hydrogens (tertiary/aromatic N) is 3. The molecule has 0 spiro atoms. The van der Waals surface area contributed by atoms with E-state index in [2.05, 4.69) is 0 Å². The molecule has 0 radical (unpaired) electrons. The molecule has 88 valence electrons. The van der Waals surface area contributed by atoms with Gasteiger partial charge in [0.1, 0.15) is 12.1 Å². The van der Waals surface area contributed by atoms with Gasteiger partial charge in [-0.1, -0.05) is 30.3 Å². The maximum absolute atomic E-state index is 8.90. The summed E-state index contributed by atoms with van der Waals surface area (Å²) >= 11 is 0. The Morgan fingerprint density at radius 3 is 2.33 bits per heavy atom. The van der Waals surface area contributed by atoms with Crippen LogP contribution in [0.25, 0.3) is 5.70 Å². The second-order valence-corrected chi connectivity index (χ2v) is 3.86. The Bertz CT molecular complexity index is 599. The second-order valence-electron chi connectivity index (χ2n) is 3.86. The zero-order valence-corrected chi connectivity index (χ0v) is 10.1. The molecule has 0 aromatic heterocycles. The van der Waals surface area contributed by atoms with Gasteiger partial charge in [-0.3, -0.25) is 0 Å². The summed E-state index contributed by atoms with van der Waals surface area (Å²) in [5, 5.41) is 19.4. The van der Waals surface area contributed by atoms with Crippen molar-refractivity contribution >= 4 is 5.70 Å². The summed E-state index contributed by atoms with van der Waals surface area (Å²) in [4.78, 5) is 5.48. The van der Waals surface area contributed by atoms with E-state index in [4.69, 9.17) is 15.4 Å². The largest absolute Gasteiger partial charge is 0.377 e. The minimum absolute atomic E-state index is 0.00900. The van der Waals surface area contributed by atoms with Crippen LogP contribution in [-0.2, 0) is 4.84 Å². The van der Waals surface area contributed by atoms with Crippen molar-refractivity contribution in [2.45, 2.75) is 6.92 Å². The molecule has 0 saturated heterocycles. The Labute approximate surface area is 106 Å². The van der Waals surface area contributed by atoms with Crippen molar-refractivity contribution in [3.63, 3.8) is 0 Å². The molecular formula is C14H11N3O. The van der Waals surface area contributed by atoms with E-state index in [0.29, 0.717) is 5.76 Å². The van der Waals surface area contributed by atoms with Crippen LogP contribution < -0.4 is 0 Å². The summed E-state index contributed by atoms with van der Waals surface area (Å²) < 4.78 is 0.